The van der Waals surface area contributed by atoms with E-state index in [1.807, 2.05) is 4.90 Å². The number of carbonyl (C=O) groups excluding carboxylic acids is 1. The molecule has 1 spiro atoms. The Morgan fingerprint density at radius 2 is 1.53 bits per heavy atom. The Bertz CT molecular complexity index is 1310. The van der Waals surface area contributed by atoms with Gasteiger partial charge in [-0.05, 0) is 43.2 Å². The van der Waals surface area contributed by atoms with E-state index < -0.39 is 51.3 Å². The lowest BCUT2D eigenvalue weighted by Crippen LogP contribution is -2.59. The Morgan fingerprint density at radius 3 is 2.03 bits per heavy atom. The number of nitrogens with two attached hydrogens (primary N) is 1. The first-order valence-electron chi connectivity index (χ1n) is 9.63. The first-order chi connectivity index (χ1) is 14.8. The zero-order valence-corrected chi connectivity index (χ0v) is 18.2. The van der Waals surface area contributed by atoms with E-state index in [1.165, 1.54) is 12.1 Å². The van der Waals surface area contributed by atoms with E-state index in [4.69, 9.17) is 5.73 Å². The number of rotatable bonds is 5. The van der Waals surface area contributed by atoms with Crippen LogP contribution in [0.15, 0.2) is 57.2 Å². The minimum Gasteiger partial charge on any atom is -0.370 e. The number of hydrogen-bond acceptors (Lipinski definition) is 6. The molecule has 0 radical (unpaired) electrons. The standard InChI is InChI=1S/C20H19F3N2O5S2/c21-20(22,23)32(29,30)16-5-2-1-4-15(16)31(27,28)17-10-13(6-7-14(17)18(24)26)25-11-19(12-25)8-3-9-19/h1-2,4-7,10H,3,8-9,11-12H2,(H2,24,26). The van der Waals surface area contributed by atoms with Gasteiger partial charge in [0, 0.05) is 24.2 Å². The van der Waals surface area contributed by atoms with Gasteiger partial charge in [-0.2, -0.15) is 13.2 Å². The highest BCUT2D eigenvalue weighted by atomic mass is 32.2. The number of carbonyl (C=O) groups is 1. The molecule has 2 aliphatic rings. The van der Waals surface area contributed by atoms with Crippen molar-refractivity contribution < 1.29 is 34.8 Å². The topological polar surface area (TPSA) is 115 Å². The lowest BCUT2D eigenvalue weighted by atomic mass is 9.63. The summed E-state index contributed by atoms with van der Waals surface area (Å²) in [4.78, 5) is 10.7. The molecular weight excluding hydrogens is 469 g/mol. The van der Waals surface area contributed by atoms with Crippen molar-refractivity contribution in [2.24, 2.45) is 11.1 Å². The van der Waals surface area contributed by atoms with Gasteiger partial charge in [-0.25, -0.2) is 16.8 Å². The molecule has 1 aliphatic carbocycles. The highest BCUT2D eigenvalue weighted by Crippen LogP contribution is 2.49. The molecule has 4 rings (SSSR count). The minimum absolute atomic E-state index is 0.203. The average molecular weight is 489 g/mol. The van der Waals surface area contributed by atoms with E-state index in [2.05, 4.69) is 0 Å². The number of hydrogen-bond donors (Lipinski definition) is 1. The average Bonchev–Trinajstić information content (AvgIpc) is 2.64. The molecule has 2 aromatic rings. The Morgan fingerprint density at radius 1 is 0.938 bits per heavy atom. The Kier molecular flexibility index (Phi) is 5.09. The van der Waals surface area contributed by atoms with Gasteiger partial charge < -0.3 is 10.6 Å². The molecule has 0 unspecified atom stereocenters. The fourth-order valence-electron chi connectivity index (χ4n) is 4.21. The van der Waals surface area contributed by atoms with Gasteiger partial charge in [-0.15, -0.1) is 0 Å². The van der Waals surface area contributed by atoms with E-state index in [0.29, 0.717) is 24.8 Å². The van der Waals surface area contributed by atoms with Crippen molar-refractivity contribution >= 4 is 31.3 Å². The lowest BCUT2D eigenvalue weighted by Gasteiger charge is -2.57. The van der Waals surface area contributed by atoms with Crippen LogP contribution in [0.1, 0.15) is 29.6 Å². The van der Waals surface area contributed by atoms with Crippen molar-refractivity contribution in [1.29, 1.82) is 0 Å². The number of nitrogens with zero attached hydrogens (tertiary/aromatic N) is 1. The van der Waals surface area contributed by atoms with Crippen LogP contribution < -0.4 is 10.6 Å². The maximum absolute atomic E-state index is 13.4. The second-order valence-electron chi connectivity index (χ2n) is 8.15. The van der Waals surface area contributed by atoms with Crippen molar-refractivity contribution in [3.8, 4) is 0 Å². The summed E-state index contributed by atoms with van der Waals surface area (Å²) >= 11 is 0. The predicted molar refractivity (Wildman–Crippen MR) is 109 cm³/mol. The third-order valence-corrected chi connectivity index (χ3v) is 9.61. The Labute approximate surface area is 182 Å². The quantitative estimate of drug-likeness (QED) is 0.692. The molecule has 1 saturated heterocycles. The largest absolute Gasteiger partial charge is 0.501 e. The number of benzene rings is 2. The Balaban J connectivity index is 1.84. The first-order valence-corrected chi connectivity index (χ1v) is 12.6. The van der Waals surface area contributed by atoms with Gasteiger partial charge in [-0.3, -0.25) is 4.79 Å². The molecule has 7 nitrogen and oxygen atoms in total. The summed E-state index contributed by atoms with van der Waals surface area (Å²) in [5, 5.41) is 0. The summed E-state index contributed by atoms with van der Waals surface area (Å²) in [7, 11) is -10.8. The van der Waals surface area contributed by atoms with Crippen molar-refractivity contribution in [3.05, 3.63) is 48.0 Å². The van der Waals surface area contributed by atoms with Gasteiger partial charge in [0.1, 0.15) is 0 Å². The van der Waals surface area contributed by atoms with E-state index in [0.717, 1.165) is 43.5 Å². The van der Waals surface area contributed by atoms with E-state index in [1.54, 1.807) is 0 Å². The monoisotopic (exact) mass is 488 g/mol. The zero-order chi connectivity index (χ0) is 23.5. The predicted octanol–water partition coefficient (Wildman–Crippen LogP) is 2.90. The van der Waals surface area contributed by atoms with Crippen LogP contribution in [0.4, 0.5) is 18.9 Å². The molecule has 0 atom stereocenters. The number of halogens is 3. The van der Waals surface area contributed by atoms with Gasteiger partial charge >= 0.3 is 5.51 Å². The molecule has 1 saturated carbocycles. The second kappa shape index (κ2) is 7.20. The van der Waals surface area contributed by atoms with Crippen LogP contribution in [-0.4, -0.2) is 41.3 Å². The van der Waals surface area contributed by atoms with Crippen LogP contribution in [0.2, 0.25) is 0 Å². The summed E-state index contributed by atoms with van der Waals surface area (Å²) in [6.45, 7) is 1.39. The minimum atomic E-state index is -5.97. The van der Waals surface area contributed by atoms with Gasteiger partial charge in [0.2, 0.25) is 15.7 Å². The van der Waals surface area contributed by atoms with Crippen LogP contribution in [0.3, 0.4) is 0 Å². The molecule has 2 N–H and O–H groups in total. The SMILES string of the molecule is NC(=O)c1ccc(N2CC3(CCC3)C2)cc1S(=O)(=O)c1ccccc1S(=O)(=O)C(F)(F)F. The third-order valence-electron chi connectivity index (χ3n) is 6.08. The molecule has 2 fully saturated rings. The molecule has 0 bridgehead atoms. The second-order valence-corrected chi connectivity index (χ2v) is 11.9. The van der Waals surface area contributed by atoms with Crippen molar-refractivity contribution in [2.75, 3.05) is 18.0 Å². The van der Waals surface area contributed by atoms with Crippen molar-refractivity contribution in [2.45, 2.75) is 39.5 Å². The van der Waals surface area contributed by atoms with Crippen LogP contribution >= 0.6 is 0 Å². The number of alkyl halides is 3. The van der Waals surface area contributed by atoms with Gasteiger partial charge in [0.05, 0.1) is 20.2 Å². The van der Waals surface area contributed by atoms with Gasteiger partial charge in [-0.1, -0.05) is 18.6 Å². The normalized spacial score (nSPS) is 18.2. The molecule has 0 aromatic heterocycles. The lowest BCUT2D eigenvalue weighted by molar-refractivity contribution is -0.0437. The molecule has 2 aromatic carbocycles. The number of sulfone groups is 2. The summed E-state index contributed by atoms with van der Waals surface area (Å²) in [6, 6.07) is 7.29. The number of amides is 1. The molecule has 12 heteroatoms. The molecule has 1 amide bonds. The van der Waals surface area contributed by atoms with Gasteiger partial charge in [0.25, 0.3) is 9.84 Å². The molecule has 1 heterocycles. The summed E-state index contributed by atoms with van der Waals surface area (Å²) in [6.07, 6.45) is 3.26. The van der Waals surface area contributed by atoms with E-state index in [-0.39, 0.29) is 5.41 Å². The van der Waals surface area contributed by atoms with E-state index >= 15 is 0 Å². The van der Waals surface area contributed by atoms with Gasteiger partial charge in [0.15, 0.2) is 0 Å². The zero-order valence-electron chi connectivity index (χ0n) is 16.6. The summed E-state index contributed by atoms with van der Waals surface area (Å²) in [5.74, 6) is -1.11. The molecule has 1 aliphatic heterocycles. The fourth-order valence-corrected chi connectivity index (χ4v) is 7.27. The van der Waals surface area contributed by atoms with Crippen molar-refractivity contribution in [3.63, 3.8) is 0 Å². The van der Waals surface area contributed by atoms with Crippen LogP contribution in [0.25, 0.3) is 0 Å². The smallest absolute Gasteiger partial charge is 0.370 e. The van der Waals surface area contributed by atoms with Crippen molar-refractivity contribution in [1.82, 2.24) is 0 Å². The molecule has 172 valence electrons. The van der Waals surface area contributed by atoms with Crippen LogP contribution in [0.5, 0.6) is 0 Å². The maximum Gasteiger partial charge on any atom is 0.501 e. The third kappa shape index (κ3) is 3.45. The van der Waals surface area contributed by atoms with Crippen LogP contribution in [-0.2, 0) is 19.7 Å². The number of primary amides is 1. The van der Waals surface area contributed by atoms with Crippen LogP contribution in [0, 0.1) is 5.41 Å². The molecular formula is C20H19F3N2O5S2. The summed E-state index contributed by atoms with van der Waals surface area (Å²) in [5.41, 5.74) is -0.168. The first kappa shape index (κ1) is 22.6. The van der Waals surface area contributed by atoms with E-state index in [9.17, 15) is 34.8 Å². The maximum atomic E-state index is 13.4. The Hall–Kier alpha value is -2.60. The highest BCUT2D eigenvalue weighted by molar-refractivity contribution is 7.95. The molecule has 32 heavy (non-hydrogen) atoms. The number of anilines is 1. The highest BCUT2D eigenvalue weighted by Gasteiger charge is 2.50. The fraction of sp³-hybridized carbons (Fsp3) is 0.350. The summed E-state index contributed by atoms with van der Waals surface area (Å²) < 4.78 is 90.3.